The maximum atomic E-state index is 13.3. The summed E-state index contributed by atoms with van der Waals surface area (Å²) in [5, 5.41) is 87.4. The van der Waals surface area contributed by atoms with Gasteiger partial charge in [0, 0.05) is 6.42 Å². The molecule has 2 heterocycles. The summed E-state index contributed by atoms with van der Waals surface area (Å²) in [4.78, 5) is 13.3. The number of carbonyl (C=O) groups excluding carboxylic acids is 1. The lowest BCUT2D eigenvalue weighted by Gasteiger charge is -2.46. The van der Waals surface area contributed by atoms with Crippen LogP contribution in [0.2, 0.25) is 0 Å². The molecule has 0 aliphatic carbocycles. The van der Waals surface area contributed by atoms with Crippen molar-refractivity contribution in [2.24, 2.45) is 0 Å². The van der Waals surface area contributed by atoms with E-state index in [1.165, 1.54) is 231 Å². The second-order valence-corrected chi connectivity index (χ2v) is 24.0. The Bertz CT molecular complexity index is 1310. The van der Waals surface area contributed by atoms with E-state index in [-0.39, 0.29) is 12.5 Å². The monoisotopic (exact) mass is 1120 g/mol. The zero-order chi connectivity index (χ0) is 56.7. The van der Waals surface area contributed by atoms with Crippen LogP contribution in [0.15, 0.2) is 0 Å². The Morgan fingerprint density at radius 1 is 0.410 bits per heavy atom. The highest BCUT2D eigenvalue weighted by Gasteiger charge is 2.51. The lowest BCUT2D eigenvalue weighted by molar-refractivity contribution is -0.359. The van der Waals surface area contributed by atoms with Gasteiger partial charge < -0.3 is 65.1 Å². The molecule has 0 saturated carbocycles. The molecule has 0 bridgehead atoms. The molecule has 78 heavy (non-hydrogen) atoms. The van der Waals surface area contributed by atoms with Gasteiger partial charge in [-0.15, -0.1) is 0 Å². The maximum absolute atomic E-state index is 13.3. The van der Waals surface area contributed by atoms with Crippen molar-refractivity contribution in [2.45, 2.75) is 383 Å². The van der Waals surface area contributed by atoms with Gasteiger partial charge in [-0.3, -0.25) is 4.79 Å². The number of hydrogen-bond acceptors (Lipinski definition) is 13. The van der Waals surface area contributed by atoms with Crippen LogP contribution >= 0.6 is 0 Å². The molecular formula is C64H125NO13. The molecular weight excluding hydrogens is 991 g/mol. The maximum Gasteiger partial charge on any atom is 0.220 e. The molecule has 9 N–H and O–H groups in total. The summed E-state index contributed by atoms with van der Waals surface area (Å²) in [6, 6.07) is -0.823. The van der Waals surface area contributed by atoms with Crippen LogP contribution < -0.4 is 5.32 Å². The fraction of sp³-hybridized carbons (Fsp3) is 0.984. The quantitative estimate of drug-likeness (QED) is 0.0259. The minimum Gasteiger partial charge on any atom is -0.394 e. The molecule has 2 aliphatic heterocycles. The zero-order valence-electron chi connectivity index (χ0n) is 50.2. The number of hydrogen-bond donors (Lipinski definition) is 9. The van der Waals surface area contributed by atoms with Gasteiger partial charge in [0.1, 0.15) is 48.8 Å². The van der Waals surface area contributed by atoms with Crippen molar-refractivity contribution in [3.05, 3.63) is 0 Å². The molecule has 0 aromatic carbocycles. The molecule has 2 rings (SSSR count). The summed E-state index contributed by atoms with van der Waals surface area (Å²) in [6.45, 7) is 2.91. The first-order valence-electron chi connectivity index (χ1n) is 33.3. The molecule has 0 aromatic heterocycles. The molecule has 12 atom stereocenters. The number of aliphatic hydroxyl groups is 8. The third-order valence-corrected chi connectivity index (χ3v) is 16.8. The van der Waals surface area contributed by atoms with E-state index in [0.717, 1.165) is 51.4 Å². The van der Waals surface area contributed by atoms with Gasteiger partial charge >= 0.3 is 0 Å². The number of nitrogens with one attached hydrogen (secondary N) is 1. The molecule has 1 amide bonds. The average molecular weight is 1120 g/mol. The first-order valence-corrected chi connectivity index (χ1v) is 33.3. The van der Waals surface area contributed by atoms with Crippen molar-refractivity contribution in [3.8, 4) is 0 Å². The normalized spacial score (nSPS) is 24.4. The molecule has 2 saturated heterocycles. The van der Waals surface area contributed by atoms with Gasteiger partial charge in [0.15, 0.2) is 12.6 Å². The minimum atomic E-state index is -1.78. The fourth-order valence-corrected chi connectivity index (χ4v) is 11.5. The number of carbonyl (C=O) groups is 1. The summed E-state index contributed by atoms with van der Waals surface area (Å²) in [5.41, 5.74) is 0. The molecule has 14 nitrogen and oxygen atoms in total. The molecule has 12 unspecified atom stereocenters. The molecule has 2 aliphatic rings. The van der Waals surface area contributed by atoms with E-state index in [1.54, 1.807) is 0 Å². The predicted molar refractivity (Wildman–Crippen MR) is 314 cm³/mol. The Balaban J connectivity index is 1.67. The van der Waals surface area contributed by atoms with Crippen molar-refractivity contribution < 1.29 is 64.6 Å². The number of rotatable bonds is 55. The Kier molecular flexibility index (Phi) is 47.3. The Hall–Kier alpha value is -1.01. The van der Waals surface area contributed by atoms with Crippen molar-refractivity contribution in [1.29, 1.82) is 0 Å². The highest BCUT2D eigenvalue weighted by molar-refractivity contribution is 5.76. The van der Waals surface area contributed by atoms with Crippen LogP contribution in [0.5, 0.6) is 0 Å². The van der Waals surface area contributed by atoms with Gasteiger partial charge in [-0.25, -0.2) is 0 Å². The van der Waals surface area contributed by atoms with Crippen molar-refractivity contribution in [2.75, 3.05) is 19.8 Å². The van der Waals surface area contributed by atoms with E-state index in [9.17, 15) is 45.6 Å². The zero-order valence-corrected chi connectivity index (χ0v) is 50.2. The van der Waals surface area contributed by atoms with Crippen LogP contribution in [-0.2, 0) is 23.7 Å². The summed E-state index contributed by atoms with van der Waals surface area (Å²) < 4.78 is 22.9. The summed E-state index contributed by atoms with van der Waals surface area (Å²) in [5.74, 6) is -0.199. The highest BCUT2D eigenvalue weighted by atomic mass is 16.7. The Morgan fingerprint density at radius 2 is 0.731 bits per heavy atom. The van der Waals surface area contributed by atoms with Crippen molar-refractivity contribution in [1.82, 2.24) is 5.32 Å². The van der Waals surface area contributed by atoms with Gasteiger partial charge in [-0.1, -0.05) is 290 Å². The van der Waals surface area contributed by atoms with Gasteiger partial charge in [0.2, 0.25) is 5.91 Å². The first-order chi connectivity index (χ1) is 38.1. The molecule has 2 fully saturated rings. The number of ether oxygens (including phenoxy) is 4. The minimum absolute atomic E-state index is 0.199. The molecule has 464 valence electrons. The van der Waals surface area contributed by atoms with Gasteiger partial charge in [0.25, 0.3) is 0 Å². The van der Waals surface area contributed by atoms with Crippen LogP contribution in [0.3, 0.4) is 0 Å². The smallest absolute Gasteiger partial charge is 0.220 e. The van der Waals surface area contributed by atoms with Crippen LogP contribution in [0.4, 0.5) is 0 Å². The summed E-state index contributed by atoms with van der Waals surface area (Å²) >= 11 is 0. The number of aliphatic hydroxyl groups excluding tert-OH is 8. The third kappa shape index (κ3) is 35.2. The SMILES string of the molecule is CCCCCCCCCCCCCCCCCCCCCCCCCCCCCCC(O)C(COC1OC(CO)C(OC2OC(CO)C(O)C(O)C2O)C(O)C1O)NC(=O)CCCCCCCCCCCCCCCCCC. The van der Waals surface area contributed by atoms with E-state index < -0.39 is 86.8 Å². The van der Waals surface area contributed by atoms with Crippen LogP contribution in [-0.4, -0.2) is 140 Å². The topological polar surface area (TPSA) is 228 Å². The molecule has 14 heteroatoms. The summed E-state index contributed by atoms with van der Waals surface area (Å²) in [7, 11) is 0. The highest BCUT2D eigenvalue weighted by Crippen LogP contribution is 2.30. The van der Waals surface area contributed by atoms with E-state index in [2.05, 4.69) is 19.2 Å². The van der Waals surface area contributed by atoms with Crippen LogP contribution in [0.1, 0.15) is 309 Å². The lowest BCUT2D eigenvalue weighted by Crippen LogP contribution is -2.65. The van der Waals surface area contributed by atoms with Gasteiger partial charge in [0.05, 0.1) is 32.0 Å². The second kappa shape index (κ2) is 50.5. The van der Waals surface area contributed by atoms with E-state index in [4.69, 9.17) is 18.9 Å². The van der Waals surface area contributed by atoms with Crippen molar-refractivity contribution in [3.63, 3.8) is 0 Å². The number of unbranched alkanes of at least 4 members (excludes halogenated alkanes) is 42. The fourth-order valence-electron chi connectivity index (χ4n) is 11.5. The number of amides is 1. The van der Waals surface area contributed by atoms with Gasteiger partial charge in [-0.05, 0) is 12.8 Å². The Labute approximate surface area is 476 Å². The first kappa shape index (κ1) is 73.1. The third-order valence-electron chi connectivity index (χ3n) is 16.8. The van der Waals surface area contributed by atoms with Crippen LogP contribution in [0, 0.1) is 0 Å². The molecule has 0 aromatic rings. The van der Waals surface area contributed by atoms with Gasteiger partial charge in [-0.2, -0.15) is 0 Å². The van der Waals surface area contributed by atoms with E-state index in [0.29, 0.717) is 12.8 Å². The largest absolute Gasteiger partial charge is 0.394 e. The lowest BCUT2D eigenvalue weighted by atomic mass is 9.97. The summed E-state index contributed by atoms with van der Waals surface area (Å²) in [6.07, 6.45) is 41.2. The van der Waals surface area contributed by atoms with E-state index >= 15 is 0 Å². The molecule has 0 radical (unpaired) electrons. The standard InChI is InChI=1S/C64H125NO13/c1-3-5-7-9-11-13-15-17-19-21-22-23-24-25-26-27-28-29-30-31-32-33-35-37-39-41-43-45-47-53(68)52(65-56(69)48-46-44-42-40-38-36-34-20-18-16-14-12-10-8-6-4-2)51-75-63-61(74)59(72)62(55(50-67)77-63)78-64-60(73)58(71)57(70)54(49-66)76-64/h52-55,57-64,66-68,70-74H,3-51H2,1-2H3,(H,65,69). The predicted octanol–water partition coefficient (Wildman–Crippen LogP) is 12.5. The van der Waals surface area contributed by atoms with Crippen LogP contribution in [0.25, 0.3) is 0 Å². The molecule has 0 spiro atoms. The van der Waals surface area contributed by atoms with Crippen molar-refractivity contribution >= 4 is 5.91 Å². The Morgan fingerprint density at radius 3 is 1.09 bits per heavy atom. The van der Waals surface area contributed by atoms with E-state index in [1.807, 2.05) is 0 Å². The average Bonchev–Trinajstić information content (AvgIpc) is 3.45. The second-order valence-electron chi connectivity index (χ2n) is 24.0.